The zero-order valence-corrected chi connectivity index (χ0v) is 11.7. The van der Waals surface area contributed by atoms with E-state index < -0.39 is 12.0 Å². The maximum atomic E-state index is 11.7. The van der Waals surface area contributed by atoms with E-state index in [2.05, 4.69) is 22.8 Å². The molecule has 0 aromatic rings. The molecule has 0 radical (unpaired) electrons. The standard InChI is InChI=1S/C14H24N2O3/c1-10(2)8-12(13(17)18)16-14(19)15-9-11-6-4-3-5-7-11/h3-4,10-12H,5-9H2,1-2H3,(H,17,18)(H2,15,16,19)/t11?,12-/m1/s1. The van der Waals surface area contributed by atoms with Crippen molar-refractivity contribution < 1.29 is 14.7 Å². The van der Waals surface area contributed by atoms with E-state index in [4.69, 9.17) is 5.11 Å². The van der Waals surface area contributed by atoms with Gasteiger partial charge in [-0.25, -0.2) is 9.59 Å². The third-order valence-corrected chi connectivity index (χ3v) is 3.24. The monoisotopic (exact) mass is 268 g/mol. The molecule has 2 amide bonds. The second kappa shape index (κ2) is 7.81. The number of hydrogen-bond acceptors (Lipinski definition) is 2. The molecular formula is C14H24N2O3. The van der Waals surface area contributed by atoms with E-state index in [9.17, 15) is 9.59 Å². The molecule has 0 aliphatic heterocycles. The van der Waals surface area contributed by atoms with Gasteiger partial charge in [-0.05, 0) is 37.5 Å². The van der Waals surface area contributed by atoms with Crippen molar-refractivity contribution in [1.29, 1.82) is 0 Å². The highest BCUT2D eigenvalue weighted by atomic mass is 16.4. The van der Waals surface area contributed by atoms with Crippen LogP contribution in [0.4, 0.5) is 4.79 Å². The Balaban J connectivity index is 2.31. The summed E-state index contributed by atoms with van der Waals surface area (Å²) in [5, 5.41) is 14.3. The van der Waals surface area contributed by atoms with Gasteiger partial charge in [0.2, 0.25) is 0 Å². The van der Waals surface area contributed by atoms with Crippen molar-refractivity contribution in [2.75, 3.05) is 6.54 Å². The van der Waals surface area contributed by atoms with E-state index in [1.54, 1.807) is 0 Å². The van der Waals surface area contributed by atoms with E-state index in [1.165, 1.54) is 0 Å². The Kier molecular flexibility index (Phi) is 6.39. The smallest absolute Gasteiger partial charge is 0.326 e. The van der Waals surface area contributed by atoms with Crippen LogP contribution >= 0.6 is 0 Å². The van der Waals surface area contributed by atoms with Crippen LogP contribution < -0.4 is 10.6 Å². The molecule has 0 aromatic carbocycles. The van der Waals surface area contributed by atoms with Crippen LogP contribution in [-0.2, 0) is 4.79 Å². The maximum Gasteiger partial charge on any atom is 0.326 e. The van der Waals surface area contributed by atoms with Gasteiger partial charge in [-0.2, -0.15) is 0 Å². The number of hydrogen-bond donors (Lipinski definition) is 3. The molecule has 2 atom stereocenters. The normalized spacial score (nSPS) is 20.1. The summed E-state index contributed by atoms with van der Waals surface area (Å²) in [6.07, 6.45) is 7.83. The minimum absolute atomic E-state index is 0.227. The fourth-order valence-electron chi connectivity index (χ4n) is 2.18. The zero-order valence-electron chi connectivity index (χ0n) is 11.7. The first kappa shape index (κ1) is 15.5. The van der Waals surface area contributed by atoms with Crippen LogP contribution in [0.3, 0.4) is 0 Å². The van der Waals surface area contributed by atoms with Crippen LogP contribution in [0.5, 0.6) is 0 Å². The molecule has 1 aliphatic carbocycles. The summed E-state index contributed by atoms with van der Waals surface area (Å²) in [7, 11) is 0. The average Bonchev–Trinajstić information content (AvgIpc) is 2.36. The molecule has 1 rings (SSSR count). The summed E-state index contributed by atoms with van der Waals surface area (Å²) < 4.78 is 0. The van der Waals surface area contributed by atoms with Crippen LogP contribution in [0.25, 0.3) is 0 Å². The molecule has 5 heteroatoms. The lowest BCUT2D eigenvalue weighted by molar-refractivity contribution is -0.139. The molecule has 0 spiro atoms. The van der Waals surface area contributed by atoms with E-state index in [-0.39, 0.29) is 11.9 Å². The number of amides is 2. The molecule has 3 N–H and O–H groups in total. The molecule has 108 valence electrons. The fourth-order valence-corrected chi connectivity index (χ4v) is 2.18. The molecule has 0 heterocycles. The summed E-state index contributed by atoms with van der Waals surface area (Å²) in [5.41, 5.74) is 0. The maximum absolute atomic E-state index is 11.7. The minimum atomic E-state index is -0.982. The summed E-state index contributed by atoms with van der Waals surface area (Å²) in [5.74, 6) is -0.293. The van der Waals surface area contributed by atoms with E-state index in [1.807, 2.05) is 13.8 Å². The molecule has 0 aromatic heterocycles. The van der Waals surface area contributed by atoms with Gasteiger partial charge in [-0.15, -0.1) is 0 Å². The number of carbonyl (C=O) groups excluding carboxylic acids is 1. The Bertz CT molecular complexity index is 340. The number of aliphatic carboxylic acids is 1. The number of carboxylic acids is 1. The predicted molar refractivity (Wildman–Crippen MR) is 73.9 cm³/mol. The number of allylic oxidation sites excluding steroid dienone is 2. The highest BCUT2D eigenvalue weighted by molar-refractivity contribution is 5.82. The van der Waals surface area contributed by atoms with Crippen LogP contribution in [0.2, 0.25) is 0 Å². The lowest BCUT2D eigenvalue weighted by Gasteiger charge is -2.20. The van der Waals surface area contributed by atoms with E-state index in [0.29, 0.717) is 18.9 Å². The Labute approximate surface area is 114 Å². The van der Waals surface area contributed by atoms with Gasteiger partial charge >= 0.3 is 12.0 Å². The van der Waals surface area contributed by atoms with Crippen molar-refractivity contribution in [2.45, 2.75) is 45.6 Å². The van der Waals surface area contributed by atoms with Crippen molar-refractivity contribution in [3.8, 4) is 0 Å². The Morgan fingerprint density at radius 1 is 1.37 bits per heavy atom. The van der Waals surface area contributed by atoms with Crippen molar-refractivity contribution in [3.05, 3.63) is 12.2 Å². The summed E-state index contributed by atoms with van der Waals surface area (Å²) in [4.78, 5) is 22.7. The number of carbonyl (C=O) groups is 2. The molecule has 0 saturated carbocycles. The van der Waals surface area contributed by atoms with E-state index >= 15 is 0 Å². The van der Waals surface area contributed by atoms with Crippen molar-refractivity contribution in [1.82, 2.24) is 10.6 Å². The Hall–Kier alpha value is -1.52. The van der Waals surface area contributed by atoms with Crippen molar-refractivity contribution in [2.24, 2.45) is 11.8 Å². The van der Waals surface area contributed by atoms with Crippen molar-refractivity contribution in [3.63, 3.8) is 0 Å². The zero-order chi connectivity index (χ0) is 14.3. The number of nitrogens with one attached hydrogen (secondary N) is 2. The molecule has 19 heavy (non-hydrogen) atoms. The average molecular weight is 268 g/mol. The largest absolute Gasteiger partial charge is 0.480 e. The lowest BCUT2D eigenvalue weighted by atomic mass is 9.94. The third-order valence-electron chi connectivity index (χ3n) is 3.24. The van der Waals surface area contributed by atoms with Gasteiger partial charge in [0.15, 0.2) is 0 Å². The van der Waals surface area contributed by atoms with Crippen LogP contribution in [0.1, 0.15) is 39.5 Å². The van der Waals surface area contributed by atoms with Gasteiger partial charge in [-0.1, -0.05) is 26.0 Å². The highest BCUT2D eigenvalue weighted by Gasteiger charge is 2.21. The molecular weight excluding hydrogens is 244 g/mol. The fraction of sp³-hybridized carbons (Fsp3) is 0.714. The van der Waals surface area contributed by atoms with Gasteiger partial charge in [0.05, 0.1) is 0 Å². The Morgan fingerprint density at radius 3 is 2.63 bits per heavy atom. The van der Waals surface area contributed by atoms with Crippen LogP contribution in [0.15, 0.2) is 12.2 Å². The topological polar surface area (TPSA) is 78.4 Å². The third kappa shape index (κ3) is 6.27. The number of rotatable bonds is 6. The quantitative estimate of drug-likeness (QED) is 0.646. The first-order chi connectivity index (χ1) is 8.99. The van der Waals surface area contributed by atoms with Crippen molar-refractivity contribution >= 4 is 12.0 Å². The SMILES string of the molecule is CC(C)C[C@@H](NC(=O)NCC1CC=CCC1)C(=O)O. The highest BCUT2D eigenvalue weighted by Crippen LogP contribution is 2.16. The first-order valence-corrected chi connectivity index (χ1v) is 6.91. The van der Waals surface area contributed by atoms with Crippen LogP contribution in [0, 0.1) is 11.8 Å². The van der Waals surface area contributed by atoms with E-state index in [0.717, 1.165) is 19.3 Å². The second-order valence-corrected chi connectivity index (χ2v) is 5.53. The Morgan fingerprint density at radius 2 is 2.11 bits per heavy atom. The second-order valence-electron chi connectivity index (χ2n) is 5.53. The molecule has 1 unspecified atom stereocenters. The van der Waals surface area contributed by atoms with Gasteiger partial charge in [0.1, 0.15) is 6.04 Å². The minimum Gasteiger partial charge on any atom is -0.480 e. The molecule has 0 saturated heterocycles. The number of urea groups is 1. The molecule has 5 nitrogen and oxygen atoms in total. The molecule has 1 aliphatic rings. The summed E-state index contributed by atoms with van der Waals surface area (Å²) >= 11 is 0. The molecule has 0 fully saturated rings. The van der Waals surface area contributed by atoms with Crippen LogP contribution in [-0.4, -0.2) is 29.7 Å². The first-order valence-electron chi connectivity index (χ1n) is 6.91. The molecule has 0 bridgehead atoms. The lowest BCUT2D eigenvalue weighted by Crippen LogP contribution is -2.47. The predicted octanol–water partition coefficient (Wildman–Crippen LogP) is 2.14. The van der Waals surface area contributed by atoms with Gasteiger partial charge < -0.3 is 15.7 Å². The van der Waals surface area contributed by atoms with Gasteiger partial charge in [-0.3, -0.25) is 0 Å². The summed E-state index contributed by atoms with van der Waals surface area (Å²) in [6.45, 7) is 4.47. The van der Waals surface area contributed by atoms with Gasteiger partial charge in [0, 0.05) is 6.54 Å². The summed E-state index contributed by atoms with van der Waals surface area (Å²) in [6, 6.07) is -1.20. The van der Waals surface area contributed by atoms with Gasteiger partial charge in [0.25, 0.3) is 0 Å². The number of carboxylic acid groups (broad SMARTS) is 1.